The van der Waals surface area contributed by atoms with Gasteiger partial charge in [-0.1, -0.05) is 19.8 Å². The molecule has 1 fully saturated rings. The Labute approximate surface area is 186 Å². The van der Waals surface area contributed by atoms with Crippen molar-refractivity contribution >= 4 is 23.9 Å². The second-order valence-corrected chi connectivity index (χ2v) is 8.00. The van der Waals surface area contributed by atoms with Gasteiger partial charge in [0.05, 0.1) is 18.2 Å². The number of hydrogen-bond donors (Lipinski definition) is 2. The molecule has 0 radical (unpaired) electrons. The predicted octanol–water partition coefficient (Wildman–Crippen LogP) is 3.20. The third kappa shape index (κ3) is 5.53. The van der Waals surface area contributed by atoms with Crippen LogP contribution in [-0.4, -0.2) is 57.1 Å². The highest BCUT2D eigenvalue weighted by atomic mass is 19.1. The zero-order valence-corrected chi connectivity index (χ0v) is 18.1. The van der Waals surface area contributed by atoms with Gasteiger partial charge in [0.25, 0.3) is 0 Å². The molecule has 32 heavy (non-hydrogen) atoms. The quantitative estimate of drug-likeness (QED) is 0.334. The SMILES string of the molecule is CCCC[C@H](CN(O)C=O)C(=O)N1CCC[C@H]1C(=O)Nc1ccc(-n2cccc2)c(F)c1. The largest absolute Gasteiger partial charge is 0.330 e. The van der Waals surface area contributed by atoms with Crippen LogP contribution in [0.2, 0.25) is 0 Å². The number of anilines is 1. The van der Waals surface area contributed by atoms with Crippen molar-refractivity contribution in [3.05, 3.63) is 48.5 Å². The lowest BCUT2D eigenvalue weighted by molar-refractivity contribution is -0.157. The van der Waals surface area contributed by atoms with Gasteiger partial charge in [0.2, 0.25) is 18.2 Å². The molecule has 172 valence electrons. The molecule has 2 heterocycles. The summed E-state index contributed by atoms with van der Waals surface area (Å²) in [6.07, 6.45) is 7.03. The Balaban J connectivity index is 1.69. The van der Waals surface area contributed by atoms with Gasteiger partial charge in [0, 0.05) is 24.6 Å². The average Bonchev–Trinajstić information content (AvgIpc) is 3.48. The van der Waals surface area contributed by atoms with Crippen molar-refractivity contribution in [1.29, 1.82) is 0 Å². The Morgan fingerprint density at radius 1 is 1.34 bits per heavy atom. The van der Waals surface area contributed by atoms with Gasteiger partial charge >= 0.3 is 0 Å². The van der Waals surface area contributed by atoms with E-state index in [1.54, 1.807) is 41.2 Å². The first-order valence-electron chi connectivity index (χ1n) is 10.9. The fourth-order valence-electron chi connectivity index (χ4n) is 4.06. The van der Waals surface area contributed by atoms with E-state index in [0.29, 0.717) is 42.2 Å². The molecule has 1 aromatic carbocycles. The number of unbranched alkanes of at least 4 members (excludes halogenated alkanes) is 1. The molecule has 0 unspecified atom stereocenters. The van der Waals surface area contributed by atoms with E-state index < -0.39 is 17.8 Å². The summed E-state index contributed by atoms with van der Waals surface area (Å²) in [5, 5.41) is 12.8. The van der Waals surface area contributed by atoms with Crippen molar-refractivity contribution < 1.29 is 24.0 Å². The van der Waals surface area contributed by atoms with Crippen molar-refractivity contribution in [3.63, 3.8) is 0 Å². The number of hydrogen-bond acceptors (Lipinski definition) is 4. The van der Waals surface area contributed by atoms with E-state index in [9.17, 15) is 24.0 Å². The van der Waals surface area contributed by atoms with Crippen LogP contribution < -0.4 is 5.32 Å². The number of halogens is 1. The topological polar surface area (TPSA) is 94.9 Å². The number of carbonyl (C=O) groups excluding carboxylic acids is 3. The van der Waals surface area contributed by atoms with Crippen LogP contribution in [0.3, 0.4) is 0 Å². The van der Waals surface area contributed by atoms with Crippen LogP contribution in [-0.2, 0) is 14.4 Å². The number of benzene rings is 1. The third-order valence-electron chi connectivity index (χ3n) is 5.72. The first-order chi connectivity index (χ1) is 15.4. The molecule has 0 saturated carbocycles. The molecule has 9 heteroatoms. The van der Waals surface area contributed by atoms with Crippen molar-refractivity contribution in [3.8, 4) is 5.69 Å². The number of amides is 3. The molecule has 1 aliphatic heterocycles. The Hall–Kier alpha value is -3.20. The van der Waals surface area contributed by atoms with E-state index in [2.05, 4.69) is 5.32 Å². The zero-order chi connectivity index (χ0) is 23.1. The Bertz CT molecular complexity index is 934. The van der Waals surface area contributed by atoms with Crippen molar-refractivity contribution in [2.45, 2.75) is 45.1 Å². The molecule has 3 amide bonds. The molecule has 0 spiro atoms. The van der Waals surface area contributed by atoms with Crippen molar-refractivity contribution in [1.82, 2.24) is 14.5 Å². The minimum atomic E-state index is -0.679. The van der Waals surface area contributed by atoms with E-state index in [-0.39, 0.29) is 24.8 Å². The van der Waals surface area contributed by atoms with E-state index in [4.69, 9.17) is 0 Å². The Morgan fingerprint density at radius 3 is 2.75 bits per heavy atom. The van der Waals surface area contributed by atoms with Gasteiger partial charge in [0.15, 0.2) is 0 Å². The number of carbonyl (C=O) groups is 3. The fourth-order valence-corrected chi connectivity index (χ4v) is 4.06. The summed E-state index contributed by atoms with van der Waals surface area (Å²) >= 11 is 0. The van der Waals surface area contributed by atoms with E-state index in [0.717, 1.165) is 12.8 Å². The standard InChI is InChI=1S/C23H29FN4O4/c1-2-3-7-17(15-27(32)16-29)23(31)28-13-6-8-21(28)22(30)25-18-9-10-20(19(24)14-18)26-11-4-5-12-26/h4-5,9-12,14,16-17,21,32H,2-3,6-8,13,15H2,1H3,(H,25,30)/t17-,21+/m1/s1. The molecule has 0 bridgehead atoms. The van der Waals surface area contributed by atoms with Gasteiger partial charge < -0.3 is 14.8 Å². The van der Waals surface area contributed by atoms with Crippen LogP contribution in [0, 0.1) is 11.7 Å². The maximum Gasteiger partial charge on any atom is 0.247 e. The van der Waals surface area contributed by atoms with Crippen molar-refractivity contribution in [2.24, 2.45) is 5.92 Å². The lowest BCUT2D eigenvalue weighted by Crippen LogP contribution is -2.47. The summed E-state index contributed by atoms with van der Waals surface area (Å²) in [7, 11) is 0. The van der Waals surface area contributed by atoms with E-state index >= 15 is 0 Å². The highest BCUT2D eigenvalue weighted by Gasteiger charge is 2.37. The second kappa shape index (κ2) is 10.9. The number of aromatic nitrogens is 1. The monoisotopic (exact) mass is 444 g/mol. The molecule has 1 aliphatic rings. The molecule has 1 aromatic heterocycles. The Morgan fingerprint density at radius 2 is 2.09 bits per heavy atom. The summed E-state index contributed by atoms with van der Waals surface area (Å²) in [5.74, 6) is -1.70. The molecule has 1 saturated heterocycles. The van der Waals surface area contributed by atoms with Crippen LogP contribution in [0.4, 0.5) is 10.1 Å². The number of likely N-dealkylation sites (tertiary alicyclic amines) is 1. The molecule has 3 rings (SSSR count). The van der Waals surface area contributed by atoms with Gasteiger partial charge in [-0.3, -0.25) is 19.6 Å². The molecule has 2 atom stereocenters. The van der Waals surface area contributed by atoms with Gasteiger partial charge in [0.1, 0.15) is 11.9 Å². The van der Waals surface area contributed by atoms with E-state index in [1.165, 1.54) is 11.0 Å². The minimum absolute atomic E-state index is 0.112. The number of nitrogens with zero attached hydrogens (tertiary/aromatic N) is 3. The lowest BCUT2D eigenvalue weighted by atomic mass is 9.99. The van der Waals surface area contributed by atoms with Crippen LogP contribution in [0.15, 0.2) is 42.7 Å². The first-order valence-corrected chi connectivity index (χ1v) is 10.9. The Kier molecular flexibility index (Phi) is 7.99. The zero-order valence-electron chi connectivity index (χ0n) is 18.1. The normalized spacial score (nSPS) is 16.6. The maximum atomic E-state index is 14.5. The molecular formula is C23H29FN4O4. The molecule has 8 nitrogen and oxygen atoms in total. The minimum Gasteiger partial charge on any atom is -0.330 e. The van der Waals surface area contributed by atoms with E-state index in [1.807, 2.05) is 6.92 Å². The van der Waals surface area contributed by atoms with Gasteiger partial charge in [-0.15, -0.1) is 0 Å². The van der Waals surface area contributed by atoms with Crippen LogP contribution in [0.25, 0.3) is 5.69 Å². The number of rotatable bonds is 10. The summed E-state index contributed by atoms with van der Waals surface area (Å²) < 4.78 is 16.2. The molecule has 0 aliphatic carbocycles. The highest BCUT2D eigenvalue weighted by molar-refractivity contribution is 5.98. The van der Waals surface area contributed by atoms with Crippen molar-refractivity contribution in [2.75, 3.05) is 18.4 Å². The van der Waals surface area contributed by atoms with Crippen LogP contribution in [0.5, 0.6) is 0 Å². The fraction of sp³-hybridized carbons (Fsp3) is 0.435. The smallest absolute Gasteiger partial charge is 0.247 e. The summed E-state index contributed by atoms with van der Waals surface area (Å²) in [6.45, 7) is 2.30. The maximum absolute atomic E-state index is 14.5. The van der Waals surface area contributed by atoms with Gasteiger partial charge in [-0.05, 0) is 49.6 Å². The summed E-state index contributed by atoms with van der Waals surface area (Å²) in [4.78, 5) is 38.4. The molecular weight excluding hydrogens is 415 g/mol. The number of hydroxylamine groups is 2. The number of nitrogens with one attached hydrogen (secondary N) is 1. The third-order valence-corrected chi connectivity index (χ3v) is 5.72. The van der Waals surface area contributed by atoms with Gasteiger partial charge in [-0.25, -0.2) is 9.45 Å². The van der Waals surface area contributed by atoms with Crippen LogP contribution >= 0.6 is 0 Å². The second-order valence-electron chi connectivity index (χ2n) is 8.00. The average molecular weight is 445 g/mol. The molecule has 2 aromatic rings. The lowest BCUT2D eigenvalue weighted by Gasteiger charge is -2.29. The van der Waals surface area contributed by atoms with Crippen LogP contribution in [0.1, 0.15) is 39.0 Å². The summed E-state index contributed by atoms with van der Waals surface area (Å²) in [6, 6.07) is 7.36. The molecule has 2 N–H and O–H groups in total. The first kappa shape index (κ1) is 23.5. The van der Waals surface area contributed by atoms with Gasteiger partial charge in [-0.2, -0.15) is 0 Å². The summed E-state index contributed by atoms with van der Waals surface area (Å²) in [5.41, 5.74) is 0.681. The highest BCUT2D eigenvalue weighted by Crippen LogP contribution is 2.25. The predicted molar refractivity (Wildman–Crippen MR) is 117 cm³/mol.